The summed E-state index contributed by atoms with van der Waals surface area (Å²) in [5, 5.41) is 3.01. The van der Waals surface area contributed by atoms with Crippen LogP contribution in [0.1, 0.15) is 36.2 Å². The molecular weight excluding hydrogens is 455 g/mol. The Hall–Kier alpha value is -4.00. The third-order valence-corrected chi connectivity index (χ3v) is 6.80. The highest BCUT2D eigenvalue weighted by Crippen LogP contribution is 2.23. The molecule has 0 spiro atoms. The van der Waals surface area contributed by atoms with Crippen LogP contribution < -0.4 is 5.32 Å². The zero-order valence-corrected chi connectivity index (χ0v) is 20.0. The molecule has 2 N–H and O–H groups in total. The van der Waals surface area contributed by atoms with E-state index in [9.17, 15) is 14.0 Å². The summed E-state index contributed by atoms with van der Waals surface area (Å²) in [5.74, 6) is 0.403. The van der Waals surface area contributed by atoms with Gasteiger partial charge in [0.15, 0.2) is 0 Å². The number of hydrogen-bond acceptors (Lipinski definition) is 3. The molecule has 5 rings (SSSR count). The molecule has 0 radical (unpaired) electrons. The maximum Gasteiger partial charge on any atom is 0.227 e. The molecule has 1 saturated heterocycles. The van der Waals surface area contributed by atoms with Crippen molar-refractivity contribution in [2.45, 2.75) is 32.1 Å². The molecule has 1 aromatic heterocycles. The molecule has 2 heterocycles. The number of amides is 2. The Kier molecular flexibility index (Phi) is 7.07. The fourth-order valence-corrected chi connectivity index (χ4v) is 4.74. The van der Waals surface area contributed by atoms with Gasteiger partial charge in [-0.05, 0) is 54.7 Å². The number of fused-ring (bicyclic) bond motifs is 1. The van der Waals surface area contributed by atoms with E-state index in [4.69, 9.17) is 0 Å². The first-order valence-corrected chi connectivity index (χ1v) is 12.4. The lowest BCUT2D eigenvalue weighted by Gasteiger charge is -2.31. The number of imidazole rings is 1. The number of aromatic nitrogens is 2. The van der Waals surface area contributed by atoms with Crippen LogP contribution in [-0.2, 0) is 22.4 Å². The van der Waals surface area contributed by atoms with Crippen molar-refractivity contribution in [1.82, 2.24) is 14.9 Å². The van der Waals surface area contributed by atoms with Crippen LogP contribution in [0.5, 0.6) is 0 Å². The fraction of sp³-hybridized carbons (Fsp3) is 0.276. The number of hydrogen-bond donors (Lipinski definition) is 2. The second-order valence-corrected chi connectivity index (χ2v) is 9.31. The Morgan fingerprint density at radius 3 is 2.53 bits per heavy atom. The predicted molar refractivity (Wildman–Crippen MR) is 138 cm³/mol. The molecule has 1 aliphatic rings. The van der Waals surface area contributed by atoms with Crippen LogP contribution in [0.3, 0.4) is 0 Å². The molecule has 4 aromatic rings. The van der Waals surface area contributed by atoms with Crippen molar-refractivity contribution in [3.05, 3.63) is 95.6 Å². The van der Waals surface area contributed by atoms with Gasteiger partial charge in [0, 0.05) is 37.5 Å². The minimum Gasteiger partial charge on any atom is -0.343 e. The molecule has 0 bridgehead atoms. The highest BCUT2D eigenvalue weighted by molar-refractivity contribution is 5.94. The van der Waals surface area contributed by atoms with E-state index < -0.39 is 0 Å². The number of likely N-dealkylation sites (tertiary alicyclic amines) is 1. The van der Waals surface area contributed by atoms with Crippen molar-refractivity contribution < 1.29 is 14.0 Å². The van der Waals surface area contributed by atoms with Crippen molar-refractivity contribution in [2.75, 3.05) is 18.4 Å². The Bertz CT molecular complexity index is 1360. The van der Waals surface area contributed by atoms with Gasteiger partial charge in [0.1, 0.15) is 11.6 Å². The monoisotopic (exact) mass is 484 g/mol. The van der Waals surface area contributed by atoms with E-state index in [1.807, 2.05) is 53.4 Å². The molecule has 2 amide bonds. The highest BCUT2D eigenvalue weighted by Gasteiger charge is 2.27. The summed E-state index contributed by atoms with van der Waals surface area (Å²) in [5.41, 5.74) is 3.98. The van der Waals surface area contributed by atoms with Gasteiger partial charge in [-0.15, -0.1) is 0 Å². The lowest BCUT2D eigenvalue weighted by atomic mass is 9.95. The molecule has 184 valence electrons. The number of nitrogens with zero attached hydrogens (tertiary/aromatic N) is 2. The highest BCUT2D eigenvalue weighted by atomic mass is 19.1. The minimum absolute atomic E-state index is 0.0307. The first-order chi connectivity index (χ1) is 17.5. The molecule has 6 nitrogen and oxygen atoms in total. The maximum absolute atomic E-state index is 14.0. The molecule has 1 aliphatic heterocycles. The molecule has 36 heavy (non-hydrogen) atoms. The fourth-order valence-electron chi connectivity index (χ4n) is 4.74. The lowest BCUT2D eigenvalue weighted by Crippen LogP contribution is -2.41. The Morgan fingerprint density at radius 1 is 1.00 bits per heavy atom. The second-order valence-electron chi connectivity index (χ2n) is 9.31. The summed E-state index contributed by atoms with van der Waals surface area (Å²) in [6.07, 6.45) is 2.90. The Balaban J connectivity index is 1.14. The lowest BCUT2D eigenvalue weighted by molar-refractivity contribution is -0.134. The number of carbonyl (C=O) groups excluding carboxylic acids is 2. The average molecular weight is 485 g/mol. The first-order valence-electron chi connectivity index (χ1n) is 12.4. The molecule has 0 aliphatic carbocycles. The summed E-state index contributed by atoms with van der Waals surface area (Å²) >= 11 is 0. The van der Waals surface area contributed by atoms with Gasteiger partial charge in [-0.25, -0.2) is 9.37 Å². The van der Waals surface area contributed by atoms with Crippen LogP contribution in [0.4, 0.5) is 10.1 Å². The largest absolute Gasteiger partial charge is 0.343 e. The molecule has 0 saturated carbocycles. The van der Waals surface area contributed by atoms with E-state index in [1.165, 1.54) is 6.07 Å². The van der Waals surface area contributed by atoms with Crippen molar-refractivity contribution in [3.63, 3.8) is 0 Å². The number of aromatic amines is 1. The topological polar surface area (TPSA) is 78.1 Å². The summed E-state index contributed by atoms with van der Waals surface area (Å²) in [6, 6.07) is 22.2. The Morgan fingerprint density at radius 2 is 1.75 bits per heavy atom. The van der Waals surface area contributed by atoms with Gasteiger partial charge in [-0.1, -0.05) is 48.5 Å². The normalized spacial score (nSPS) is 14.2. The summed E-state index contributed by atoms with van der Waals surface area (Å²) < 4.78 is 14.0. The van der Waals surface area contributed by atoms with E-state index in [2.05, 4.69) is 15.3 Å². The Labute approximate surface area is 209 Å². The van der Waals surface area contributed by atoms with Gasteiger partial charge in [0.25, 0.3) is 0 Å². The number of carbonyl (C=O) groups is 2. The molecule has 7 heteroatoms. The molecule has 3 aromatic carbocycles. The van der Waals surface area contributed by atoms with E-state index in [1.54, 1.807) is 18.2 Å². The molecule has 1 fully saturated rings. The summed E-state index contributed by atoms with van der Waals surface area (Å²) in [4.78, 5) is 35.1. The van der Waals surface area contributed by atoms with Gasteiger partial charge in [-0.2, -0.15) is 0 Å². The van der Waals surface area contributed by atoms with Gasteiger partial charge >= 0.3 is 0 Å². The maximum atomic E-state index is 14.0. The minimum atomic E-state index is -0.255. The first kappa shape index (κ1) is 23.7. The van der Waals surface area contributed by atoms with Crippen LogP contribution in [0.2, 0.25) is 0 Å². The third kappa shape index (κ3) is 5.62. The van der Waals surface area contributed by atoms with Crippen LogP contribution in [0.25, 0.3) is 11.0 Å². The predicted octanol–water partition coefficient (Wildman–Crippen LogP) is 5.10. The van der Waals surface area contributed by atoms with Crippen LogP contribution in [-0.4, -0.2) is 39.8 Å². The van der Waals surface area contributed by atoms with Gasteiger partial charge in [0.05, 0.1) is 11.0 Å². The van der Waals surface area contributed by atoms with Crippen molar-refractivity contribution in [2.24, 2.45) is 5.92 Å². The smallest absolute Gasteiger partial charge is 0.227 e. The number of benzene rings is 3. The van der Waals surface area contributed by atoms with E-state index in [0.29, 0.717) is 55.8 Å². The van der Waals surface area contributed by atoms with Crippen LogP contribution in [0, 0.1) is 11.7 Å². The van der Waals surface area contributed by atoms with Crippen molar-refractivity contribution in [1.29, 1.82) is 0 Å². The van der Waals surface area contributed by atoms with Crippen molar-refractivity contribution >= 4 is 28.5 Å². The average Bonchev–Trinajstić information content (AvgIpc) is 3.31. The van der Waals surface area contributed by atoms with Crippen LogP contribution >= 0.6 is 0 Å². The zero-order valence-electron chi connectivity index (χ0n) is 20.0. The summed E-state index contributed by atoms with van der Waals surface area (Å²) in [6.45, 7) is 1.20. The number of rotatable bonds is 7. The second kappa shape index (κ2) is 10.7. The molecule has 0 unspecified atom stereocenters. The standard InChI is InChI=1S/C29H29FN4O2/c30-24-9-5-4-8-22(24)18-27-32-25-12-11-23(19-26(25)33-27)31-29(36)21-14-16-34(17-15-21)28(35)13-10-20-6-2-1-3-7-20/h1-9,11-12,19,21H,10,13-18H2,(H,31,36)(H,32,33). The molecule has 0 atom stereocenters. The summed E-state index contributed by atoms with van der Waals surface area (Å²) in [7, 11) is 0. The number of nitrogens with one attached hydrogen (secondary N) is 2. The van der Waals surface area contributed by atoms with Gasteiger partial charge in [0.2, 0.25) is 11.8 Å². The number of aryl methyl sites for hydroxylation is 1. The van der Waals surface area contributed by atoms with E-state index in [0.717, 1.165) is 23.0 Å². The number of H-pyrrole nitrogens is 1. The van der Waals surface area contributed by atoms with Gasteiger partial charge < -0.3 is 15.2 Å². The quantitative estimate of drug-likeness (QED) is 0.383. The number of halogens is 1. The SMILES string of the molecule is O=C(Nc1ccc2nc(Cc3ccccc3F)[nH]c2c1)C1CCN(C(=O)CCc2ccccc2)CC1. The van der Waals surface area contributed by atoms with Crippen LogP contribution in [0.15, 0.2) is 72.8 Å². The van der Waals surface area contributed by atoms with Gasteiger partial charge in [-0.3, -0.25) is 9.59 Å². The van der Waals surface area contributed by atoms with E-state index in [-0.39, 0.29) is 23.5 Å². The van der Waals surface area contributed by atoms with E-state index >= 15 is 0 Å². The third-order valence-electron chi connectivity index (χ3n) is 6.80. The zero-order chi connectivity index (χ0) is 24.9. The van der Waals surface area contributed by atoms with Crippen molar-refractivity contribution in [3.8, 4) is 0 Å². The number of piperidine rings is 1. The molecular formula is C29H29FN4O2. The number of anilines is 1.